The van der Waals surface area contributed by atoms with Crippen molar-refractivity contribution in [2.45, 2.75) is 20.0 Å². The molecule has 0 atom stereocenters. The van der Waals surface area contributed by atoms with Gasteiger partial charge in [-0.1, -0.05) is 11.6 Å². The Morgan fingerprint density at radius 3 is 2.39 bits per heavy atom. The van der Waals surface area contributed by atoms with Crippen LogP contribution in [0.2, 0.25) is 5.02 Å². The number of hydrogen-bond acceptors (Lipinski definition) is 8. The average Bonchev–Trinajstić information content (AvgIpc) is 2.73. The van der Waals surface area contributed by atoms with Crippen molar-refractivity contribution in [3.63, 3.8) is 0 Å². The Hall–Kier alpha value is -2.73. The van der Waals surface area contributed by atoms with Gasteiger partial charge in [-0.05, 0) is 26.0 Å². The number of carbonyl (C=O) groups excluding carboxylic acids is 1. The third-order valence-electron chi connectivity index (χ3n) is 3.84. The molecule has 0 aliphatic heterocycles. The number of amides is 1. The van der Waals surface area contributed by atoms with E-state index in [1.165, 1.54) is 0 Å². The topological polar surface area (TPSA) is 130 Å². The number of benzene rings is 1. The molecule has 0 unspecified atom stereocenters. The minimum absolute atomic E-state index is 0.0392. The zero-order valence-electron chi connectivity index (χ0n) is 17.2. The monoisotopic (exact) mass is 511 g/mol. The Bertz CT molecular complexity index is 1070. The first kappa shape index (κ1) is 26.5. The van der Waals surface area contributed by atoms with Crippen molar-refractivity contribution in [2.75, 3.05) is 19.5 Å². The van der Waals surface area contributed by atoms with Crippen LogP contribution in [0.25, 0.3) is 0 Å². The number of halogens is 4. The largest absolute Gasteiger partial charge is 0.438 e. The van der Waals surface area contributed by atoms with Gasteiger partial charge in [0.15, 0.2) is 0 Å². The van der Waals surface area contributed by atoms with Crippen LogP contribution in [-0.2, 0) is 19.8 Å². The number of nitrogens with zero attached hydrogens (tertiary/aromatic N) is 2. The maximum Gasteiger partial charge on any atom is 0.417 e. The number of nitrogens with one attached hydrogen (secondary N) is 1. The molecule has 2 rings (SSSR count). The molecule has 1 aromatic carbocycles. The van der Waals surface area contributed by atoms with Crippen molar-refractivity contribution >= 4 is 30.8 Å². The molecule has 1 amide bonds. The van der Waals surface area contributed by atoms with Gasteiger partial charge < -0.3 is 19.1 Å². The molecule has 0 radical (unpaired) electrons. The van der Waals surface area contributed by atoms with Gasteiger partial charge in [-0.15, -0.1) is 0 Å². The molecule has 1 heterocycles. The Balaban J connectivity index is 2.30. The first-order valence-electron chi connectivity index (χ1n) is 9.25. The summed E-state index contributed by atoms with van der Waals surface area (Å²) < 4.78 is 66.1. The van der Waals surface area contributed by atoms with E-state index in [1.807, 2.05) is 0 Å². The van der Waals surface area contributed by atoms with Gasteiger partial charge in [0, 0.05) is 18.3 Å². The standard InChI is InChI=1S/C18H18ClF3N3O7P/c1-3-30-33(29,31-4-2)10-24-16(26)13-8-12(5-6-15(13)25(27)28)32-17-14(19)7-11(9-23-17)18(20,21)22/h5-9H,3-4,10H2,1-2H3,(H,24,26). The van der Waals surface area contributed by atoms with Gasteiger partial charge in [-0.2, -0.15) is 13.2 Å². The van der Waals surface area contributed by atoms with E-state index in [2.05, 4.69) is 10.3 Å². The highest BCUT2D eigenvalue weighted by Crippen LogP contribution is 2.46. The van der Waals surface area contributed by atoms with Crippen molar-refractivity contribution in [2.24, 2.45) is 0 Å². The molecule has 0 bridgehead atoms. The molecule has 180 valence electrons. The molecular weight excluding hydrogens is 494 g/mol. The lowest BCUT2D eigenvalue weighted by Gasteiger charge is -2.17. The lowest BCUT2D eigenvalue weighted by molar-refractivity contribution is -0.385. The number of hydrogen-bond donors (Lipinski definition) is 1. The van der Waals surface area contributed by atoms with Crippen molar-refractivity contribution in [1.29, 1.82) is 0 Å². The number of aromatic nitrogens is 1. The van der Waals surface area contributed by atoms with Crippen LogP contribution in [-0.4, -0.2) is 35.3 Å². The molecule has 0 saturated heterocycles. The molecule has 1 N–H and O–H groups in total. The molecule has 33 heavy (non-hydrogen) atoms. The highest BCUT2D eigenvalue weighted by molar-refractivity contribution is 7.53. The number of ether oxygens (including phenoxy) is 1. The van der Waals surface area contributed by atoms with Crippen LogP contribution >= 0.6 is 19.2 Å². The fourth-order valence-electron chi connectivity index (χ4n) is 2.47. The molecule has 0 aliphatic carbocycles. The Labute approximate surface area is 190 Å². The van der Waals surface area contributed by atoms with Crippen LogP contribution in [0.4, 0.5) is 18.9 Å². The van der Waals surface area contributed by atoms with Crippen molar-refractivity contribution < 1.29 is 41.2 Å². The third-order valence-corrected chi connectivity index (χ3v) is 5.96. The van der Waals surface area contributed by atoms with Gasteiger partial charge in [0.25, 0.3) is 11.6 Å². The number of nitro benzene ring substituents is 1. The fourth-order valence-corrected chi connectivity index (χ4v) is 4.06. The molecule has 15 heteroatoms. The summed E-state index contributed by atoms with van der Waals surface area (Å²) in [6.07, 6.45) is -4.72. The summed E-state index contributed by atoms with van der Waals surface area (Å²) in [5.41, 5.74) is -2.18. The second-order valence-electron chi connectivity index (χ2n) is 6.16. The lowest BCUT2D eigenvalue weighted by Crippen LogP contribution is -2.26. The van der Waals surface area contributed by atoms with E-state index >= 15 is 0 Å². The number of carbonyl (C=O) groups is 1. The van der Waals surface area contributed by atoms with Gasteiger partial charge in [0.05, 0.1) is 23.7 Å². The van der Waals surface area contributed by atoms with Crippen molar-refractivity contribution in [3.8, 4) is 11.6 Å². The molecule has 0 aliphatic rings. The summed E-state index contributed by atoms with van der Waals surface area (Å²) >= 11 is 5.79. The molecule has 10 nitrogen and oxygen atoms in total. The van der Waals surface area contributed by atoms with Gasteiger partial charge in [-0.3, -0.25) is 19.5 Å². The first-order valence-corrected chi connectivity index (χ1v) is 11.4. The zero-order chi connectivity index (χ0) is 24.8. The summed E-state index contributed by atoms with van der Waals surface area (Å²) in [5, 5.41) is 13.1. The minimum atomic E-state index is -4.67. The maximum atomic E-state index is 12.8. The summed E-state index contributed by atoms with van der Waals surface area (Å²) in [5.74, 6) is -1.57. The highest BCUT2D eigenvalue weighted by atomic mass is 35.5. The number of nitro groups is 1. The normalized spacial score (nSPS) is 11.8. The van der Waals surface area contributed by atoms with Gasteiger partial charge >= 0.3 is 13.8 Å². The fraction of sp³-hybridized carbons (Fsp3) is 0.333. The van der Waals surface area contributed by atoms with Crippen LogP contribution in [0.15, 0.2) is 30.5 Å². The summed E-state index contributed by atoms with van der Waals surface area (Å²) in [6, 6.07) is 3.63. The predicted molar refractivity (Wildman–Crippen MR) is 111 cm³/mol. The van der Waals surface area contributed by atoms with E-state index in [-0.39, 0.29) is 19.0 Å². The van der Waals surface area contributed by atoms with E-state index < -0.39 is 58.6 Å². The Kier molecular flexibility index (Phi) is 8.78. The van der Waals surface area contributed by atoms with Crippen molar-refractivity contribution in [3.05, 3.63) is 56.7 Å². The summed E-state index contributed by atoms with van der Waals surface area (Å²) in [4.78, 5) is 26.6. The van der Waals surface area contributed by atoms with E-state index in [4.69, 9.17) is 25.4 Å². The molecule has 0 spiro atoms. The Morgan fingerprint density at radius 2 is 1.88 bits per heavy atom. The first-order chi connectivity index (χ1) is 15.4. The second-order valence-corrected chi connectivity index (χ2v) is 8.62. The SMILES string of the molecule is CCOP(=O)(CNC(=O)c1cc(Oc2ncc(C(F)(F)F)cc2Cl)ccc1[N+](=O)[O-])OCC. The van der Waals surface area contributed by atoms with Gasteiger partial charge in [-0.25, -0.2) is 4.98 Å². The quantitative estimate of drug-likeness (QED) is 0.255. The zero-order valence-corrected chi connectivity index (χ0v) is 18.9. The summed E-state index contributed by atoms with van der Waals surface area (Å²) in [7, 11) is -3.68. The molecule has 0 fully saturated rings. The molecule has 0 saturated carbocycles. The number of alkyl halides is 3. The third kappa shape index (κ3) is 7.13. The lowest BCUT2D eigenvalue weighted by atomic mass is 10.1. The average molecular weight is 512 g/mol. The second kappa shape index (κ2) is 10.9. The number of pyridine rings is 1. The molecular formula is C18H18ClF3N3O7P. The van der Waals surface area contributed by atoms with E-state index in [0.29, 0.717) is 12.3 Å². The maximum absolute atomic E-state index is 12.8. The van der Waals surface area contributed by atoms with Crippen LogP contribution in [0.1, 0.15) is 29.8 Å². The Morgan fingerprint density at radius 1 is 1.24 bits per heavy atom. The van der Waals surface area contributed by atoms with Crippen LogP contribution < -0.4 is 10.1 Å². The van der Waals surface area contributed by atoms with Crippen molar-refractivity contribution in [1.82, 2.24) is 10.3 Å². The van der Waals surface area contributed by atoms with Crippen LogP contribution in [0.3, 0.4) is 0 Å². The molecule has 1 aromatic heterocycles. The van der Waals surface area contributed by atoms with E-state index in [9.17, 15) is 32.6 Å². The van der Waals surface area contributed by atoms with Gasteiger partial charge in [0.1, 0.15) is 22.6 Å². The summed E-state index contributed by atoms with van der Waals surface area (Å²) in [6.45, 7) is 3.22. The van der Waals surface area contributed by atoms with Crippen LogP contribution in [0.5, 0.6) is 11.6 Å². The molecule has 2 aromatic rings. The predicted octanol–water partition coefficient (Wildman–Crippen LogP) is 5.41. The van der Waals surface area contributed by atoms with Crippen LogP contribution in [0, 0.1) is 10.1 Å². The smallest absolute Gasteiger partial charge is 0.417 e. The minimum Gasteiger partial charge on any atom is -0.438 e. The highest BCUT2D eigenvalue weighted by Gasteiger charge is 2.32. The van der Waals surface area contributed by atoms with E-state index in [0.717, 1.165) is 18.2 Å². The van der Waals surface area contributed by atoms with E-state index in [1.54, 1.807) is 13.8 Å². The number of rotatable bonds is 10. The van der Waals surface area contributed by atoms with Gasteiger partial charge in [0.2, 0.25) is 5.88 Å².